The van der Waals surface area contributed by atoms with E-state index in [9.17, 15) is 0 Å². The van der Waals surface area contributed by atoms with Gasteiger partial charge in [-0.25, -0.2) is 0 Å². The van der Waals surface area contributed by atoms with E-state index in [-0.39, 0.29) is 0 Å². The van der Waals surface area contributed by atoms with Gasteiger partial charge in [-0.15, -0.1) is 0 Å². The Kier molecular flexibility index (Phi) is 5.55. The highest BCUT2D eigenvalue weighted by Gasteiger charge is 2.21. The second-order valence-electron chi connectivity index (χ2n) is 5.37. The van der Waals surface area contributed by atoms with Crippen LogP contribution in [0.3, 0.4) is 0 Å². The Hall–Kier alpha value is -0.500. The molecule has 0 bridgehead atoms. The van der Waals surface area contributed by atoms with Gasteiger partial charge in [-0.2, -0.15) is 0 Å². The van der Waals surface area contributed by atoms with E-state index in [1.54, 1.807) is 0 Å². The van der Waals surface area contributed by atoms with Gasteiger partial charge in [0.1, 0.15) is 0 Å². The number of unbranched alkanes of at least 4 members (excludes halogenated alkanes) is 5. The Morgan fingerprint density at radius 3 is 2.78 bits per heavy atom. The lowest BCUT2D eigenvalue weighted by molar-refractivity contribution is 0.556. The zero-order chi connectivity index (χ0) is 12.8. The van der Waals surface area contributed by atoms with Crippen molar-refractivity contribution in [1.29, 1.82) is 0 Å². The molecule has 1 N–H and O–H groups in total. The lowest BCUT2D eigenvalue weighted by atomic mass is 9.95. The standard InChI is InChI=1S/C16H24BrN/c1-2-3-4-5-6-7-8-13-12-18-16-10-9-14(17)11-15(13)16/h9-11,13,18H,2-8,12H2,1H3. The van der Waals surface area contributed by atoms with Crippen molar-refractivity contribution in [2.45, 2.75) is 57.8 Å². The minimum atomic E-state index is 0.726. The first-order valence-electron chi connectivity index (χ1n) is 7.34. The zero-order valence-electron chi connectivity index (χ0n) is 11.3. The first-order chi connectivity index (χ1) is 8.81. The van der Waals surface area contributed by atoms with Gasteiger partial charge in [-0.05, 0) is 30.2 Å². The molecule has 1 aliphatic heterocycles. The van der Waals surface area contributed by atoms with Crippen LogP contribution >= 0.6 is 15.9 Å². The van der Waals surface area contributed by atoms with Crippen LogP contribution in [0.25, 0.3) is 0 Å². The third kappa shape index (κ3) is 3.74. The Morgan fingerprint density at radius 1 is 1.17 bits per heavy atom. The number of hydrogen-bond donors (Lipinski definition) is 1. The monoisotopic (exact) mass is 309 g/mol. The number of anilines is 1. The summed E-state index contributed by atoms with van der Waals surface area (Å²) in [6.07, 6.45) is 9.69. The normalized spacial score (nSPS) is 17.6. The first kappa shape index (κ1) is 13.9. The molecule has 0 saturated heterocycles. The third-order valence-corrected chi connectivity index (χ3v) is 4.39. The molecule has 1 unspecified atom stereocenters. The Labute approximate surface area is 119 Å². The Balaban J connectivity index is 1.74. The minimum absolute atomic E-state index is 0.726. The molecule has 1 heterocycles. The molecule has 0 spiro atoms. The molecular weight excluding hydrogens is 286 g/mol. The van der Waals surface area contributed by atoms with Crippen molar-refractivity contribution < 1.29 is 0 Å². The van der Waals surface area contributed by atoms with E-state index < -0.39 is 0 Å². The molecule has 0 fully saturated rings. The highest BCUT2D eigenvalue weighted by atomic mass is 79.9. The smallest absolute Gasteiger partial charge is 0.0377 e. The van der Waals surface area contributed by atoms with Crippen LogP contribution in [0.15, 0.2) is 22.7 Å². The van der Waals surface area contributed by atoms with Gasteiger partial charge < -0.3 is 5.32 Å². The third-order valence-electron chi connectivity index (χ3n) is 3.90. The van der Waals surface area contributed by atoms with Gasteiger partial charge in [-0.1, -0.05) is 61.4 Å². The van der Waals surface area contributed by atoms with Gasteiger partial charge in [0.2, 0.25) is 0 Å². The maximum absolute atomic E-state index is 3.57. The van der Waals surface area contributed by atoms with Crippen molar-refractivity contribution in [3.05, 3.63) is 28.2 Å². The second kappa shape index (κ2) is 7.18. The van der Waals surface area contributed by atoms with Crippen LogP contribution in [0.2, 0.25) is 0 Å². The van der Waals surface area contributed by atoms with E-state index in [0.29, 0.717) is 0 Å². The maximum Gasteiger partial charge on any atom is 0.0377 e. The van der Waals surface area contributed by atoms with Crippen LogP contribution in [0, 0.1) is 0 Å². The van der Waals surface area contributed by atoms with Crippen molar-refractivity contribution in [2.24, 2.45) is 0 Å². The largest absolute Gasteiger partial charge is 0.384 e. The molecule has 1 aromatic carbocycles. The van der Waals surface area contributed by atoms with Crippen molar-refractivity contribution >= 4 is 21.6 Å². The van der Waals surface area contributed by atoms with Gasteiger partial charge in [0.05, 0.1) is 0 Å². The van der Waals surface area contributed by atoms with Crippen LogP contribution in [-0.4, -0.2) is 6.54 Å². The molecular formula is C16H24BrN. The first-order valence-corrected chi connectivity index (χ1v) is 8.14. The number of hydrogen-bond acceptors (Lipinski definition) is 1. The van der Waals surface area contributed by atoms with Crippen molar-refractivity contribution in [3.8, 4) is 0 Å². The van der Waals surface area contributed by atoms with Crippen molar-refractivity contribution in [1.82, 2.24) is 0 Å². The fraction of sp³-hybridized carbons (Fsp3) is 0.625. The number of benzene rings is 1. The maximum atomic E-state index is 3.57. The van der Waals surface area contributed by atoms with E-state index in [1.165, 1.54) is 60.7 Å². The average molecular weight is 310 g/mol. The van der Waals surface area contributed by atoms with Crippen LogP contribution in [0.5, 0.6) is 0 Å². The molecule has 1 nitrogen and oxygen atoms in total. The predicted molar refractivity (Wildman–Crippen MR) is 83.4 cm³/mol. The molecule has 2 heteroatoms. The zero-order valence-corrected chi connectivity index (χ0v) is 12.9. The van der Waals surface area contributed by atoms with Gasteiger partial charge in [0.15, 0.2) is 0 Å². The molecule has 0 saturated carbocycles. The number of halogens is 1. The lowest BCUT2D eigenvalue weighted by Crippen LogP contribution is -2.01. The molecule has 0 amide bonds. The number of rotatable bonds is 7. The van der Waals surface area contributed by atoms with Crippen LogP contribution in [0.4, 0.5) is 5.69 Å². The minimum Gasteiger partial charge on any atom is -0.384 e. The summed E-state index contributed by atoms with van der Waals surface area (Å²) in [5.41, 5.74) is 2.85. The van der Waals surface area contributed by atoms with Crippen LogP contribution in [-0.2, 0) is 0 Å². The fourth-order valence-corrected chi connectivity index (χ4v) is 3.18. The van der Waals surface area contributed by atoms with Gasteiger partial charge in [0, 0.05) is 22.6 Å². The molecule has 100 valence electrons. The van der Waals surface area contributed by atoms with E-state index in [1.807, 2.05) is 0 Å². The summed E-state index contributed by atoms with van der Waals surface area (Å²) in [6, 6.07) is 6.61. The topological polar surface area (TPSA) is 12.0 Å². The number of nitrogens with one attached hydrogen (secondary N) is 1. The number of fused-ring (bicyclic) bond motifs is 1. The van der Waals surface area contributed by atoms with Gasteiger partial charge in [-0.3, -0.25) is 0 Å². The summed E-state index contributed by atoms with van der Waals surface area (Å²) >= 11 is 3.57. The Morgan fingerprint density at radius 2 is 1.94 bits per heavy atom. The molecule has 2 rings (SSSR count). The summed E-state index contributed by atoms with van der Waals surface area (Å²) in [5, 5.41) is 3.52. The molecule has 0 aromatic heterocycles. The average Bonchev–Trinajstić information content (AvgIpc) is 2.76. The molecule has 1 aromatic rings. The molecule has 1 atom stereocenters. The second-order valence-corrected chi connectivity index (χ2v) is 6.28. The highest BCUT2D eigenvalue weighted by Crippen LogP contribution is 2.36. The molecule has 0 aliphatic carbocycles. The van der Waals surface area contributed by atoms with E-state index >= 15 is 0 Å². The summed E-state index contributed by atoms with van der Waals surface area (Å²) in [5.74, 6) is 0.726. The summed E-state index contributed by atoms with van der Waals surface area (Å²) in [6.45, 7) is 3.40. The quantitative estimate of drug-likeness (QED) is 0.636. The van der Waals surface area contributed by atoms with E-state index in [0.717, 1.165) is 12.5 Å². The van der Waals surface area contributed by atoms with Gasteiger partial charge in [0.25, 0.3) is 0 Å². The predicted octanol–water partition coefficient (Wildman–Crippen LogP) is 5.71. The van der Waals surface area contributed by atoms with Gasteiger partial charge >= 0.3 is 0 Å². The molecule has 18 heavy (non-hydrogen) atoms. The summed E-state index contributed by atoms with van der Waals surface area (Å²) < 4.78 is 1.21. The van der Waals surface area contributed by atoms with Crippen LogP contribution < -0.4 is 5.32 Å². The van der Waals surface area contributed by atoms with E-state index in [2.05, 4.69) is 46.4 Å². The van der Waals surface area contributed by atoms with Crippen LogP contribution in [0.1, 0.15) is 63.4 Å². The highest BCUT2D eigenvalue weighted by molar-refractivity contribution is 9.10. The molecule has 1 aliphatic rings. The SMILES string of the molecule is CCCCCCCCC1CNc2ccc(Br)cc21. The van der Waals surface area contributed by atoms with E-state index in [4.69, 9.17) is 0 Å². The molecule has 0 radical (unpaired) electrons. The van der Waals surface area contributed by atoms with Crippen molar-refractivity contribution in [3.63, 3.8) is 0 Å². The summed E-state index contributed by atoms with van der Waals surface area (Å²) in [4.78, 5) is 0. The Bertz CT molecular complexity index is 375. The summed E-state index contributed by atoms with van der Waals surface area (Å²) in [7, 11) is 0. The lowest BCUT2D eigenvalue weighted by Gasteiger charge is -2.10. The van der Waals surface area contributed by atoms with Crippen molar-refractivity contribution in [2.75, 3.05) is 11.9 Å². The fourth-order valence-electron chi connectivity index (χ4n) is 2.80.